The molecule has 49 heavy (non-hydrogen) atoms. The predicted octanol–water partition coefficient (Wildman–Crippen LogP) is 4.43. The zero-order valence-corrected chi connectivity index (χ0v) is 26.6. The Bertz CT molecular complexity index is 2020. The second-order valence-corrected chi connectivity index (χ2v) is 11.7. The van der Waals surface area contributed by atoms with Crippen molar-refractivity contribution in [1.82, 2.24) is 14.8 Å². The highest BCUT2D eigenvalue weighted by Crippen LogP contribution is 2.34. The summed E-state index contributed by atoms with van der Waals surface area (Å²) >= 11 is 1.08. The molecule has 4 unspecified atom stereocenters. The molecule has 0 radical (unpaired) electrons. The predicted molar refractivity (Wildman–Crippen MR) is 177 cm³/mol. The molecule has 2 heterocycles. The fraction of sp³-hybridized carbons (Fsp3) is 0.167. The van der Waals surface area contributed by atoms with Crippen LogP contribution >= 0.6 is 11.8 Å². The number of H-pyrrole nitrogens is 1. The number of carbonyl (C=O) groups excluding carboxylic acids is 3. The smallest absolute Gasteiger partial charge is 0.347 e. The van der Waals surface area contributed by atoms with E-state index in [4.69, 9.17) is 18.9 Å². The van der Waals surface area contributed by atoms with Gasteiger partial charge in [0.15, 0.2) is 23.5 Å². The van der Waals surface area contributed by atoms with Gasteiger partial charge in [-0.05, 0) is 42.0 Å². The van der Waals surface area contributed by atoms with Crippen molar-refractivity contribution in [3.63, 3.8) is 0 Å². The van der Waals surface area contributed by atoms with Crippen molar-refractivity contribution in [3.05, 3.63) is 164 Å². The number of nitrogens with zero attached hydrogens (tertiary/aromatic N) is 2. The lowest BCUT2D eigenvalue weighted by atomic mass is 10.1. The van der Waals surface area contributed by atoms with Gasteiger partial charge in [0.1, 0.15) is 12.7 Å². The van der Waals surface area contributed by atoms with E-state index in [0.717, 1.165) is 22.0 Å². The van der Waals surface area contributed by atoms with Crippen LogP contribution in [0.1, 0.15) is 42.9 Å². The van der Waals surface area contributed by atoms with Crippen molar-refractivity contribution in [2.24, 2.45) is 0 Å². The van der Waals surface area contributed by atoms with E-state index in [9.17, 15) is 24.0 Å². The minimum atomic E-state index is -1.51. The lowest BCUT2D eigenvalue weighted by Crippen LogP contribution is -2.44. The summed E-state index contributed by atoms with van der Waals surface area (Å²) in [5.74, 6) is -1.91. The standard InChI is InChI=1S/C36H29N3O9S/c40-30-31(49-22-23-13-5-1-6-14-23)38-39(36(44)37-30)32-29(48-35(43)26-19-11-4-12-20-26)28(47-34(42)25-17-9-3-10-18-25)27(46-32)21-45-33(41)24-15-7-2-8-16-24/h1-20,27-29,32H,21-22H2,(H,37,40,44). The molecular weight excluding hydrogens is 650 g/mol. The second kappa shape index (κ2) is 15.4. The number of aromatic nitrogens is 3. The highest BCUT2D eigenvalue weighted by molar-refractivity contribution is 7.98. The Hall–Kier alpha value is -5.79. The van der Waals surface area contributed by atoms with Crippen molar-refractivity contribution < 1.29 is 33.3 Å². The number of hydrogen-bond acceptors (Lipinski definition) is 11. The maximum absolute atomic E-state index is 13.4. The molecule has 1 aliphatic rings. The van der Waals surface area contributed by atoms with Gasteiger partial charge in [-0.25, -0.2) is 19.2 Å². The Morgan fingerprint density at radius 1 is 0.694 bits per heavy atom. The molecule has 4 aromatic carbocycles. The molecule has 1 saturated heterocycles. The number of esters is 3. The highest BCUT2D eigenvalue weighted by Gasteiger charge is 2.52. The highest BCUT2D eigenvalue weighted by atomic mass is 32.2. The van der Waals surface area contributed by atoms with Crippen LogP contribution in [0.25, 0.3) is 0 Å². The largest absolute Gasteiger partial charge is 0.459 e. The summed E-state index contributed by atoms with van der Waals surface area (Å²) in [7, 11) is 0. The minimum Gasteiger partial charge on any atom is -0.459 e. The number of nitrogens with one attached hydrogen (secondary N) is 1. The van der Waals surface area contributed by atoms with E-state index in [2.05, 4.69) is 10.1 Å². The summed E-state index contributed by atoms with van der Waals surface area (Å²) in [5.41, 5.74) is -0.146. The molecule has 0 spiro atoms. The van der Waals surface area contributed by atoms with Crippen LogP contribution in [0.4, 0.5) is 0 Å². The van der Waals surface area contributed by atoms with Gasteiger partial charge < -0.3 is 18.9 Å². The van der Waals surface area contributed by atoms with Gasteiger partial charge in [0.2, 0.25) is 0 Å². The first-order chi connectivity index (χ1) is 23.9. The van der Waals surface area contributed by atoms with Gasteiger partial charge in [0, 0.05) is 5.75 Å². The molecule has 248 valence electrons. The topological polar surface area (TPSA) is 156 Å². The average Bonchev–Trinajstić information content (AvgIpc) is 3.47. The molecule has 13 heteroatoms. The molecule has 0 amide bonds. The first kappa shape index (κ1) is 33.1. The second-order valence-electron chi connectivity index (χ2n) is 10.8. The number of carbonyl (C=O) groups is 3. The van der Waals surface area contributed by atoms with Crippen molar-refractivity contribution >= 4 is 29.7 Å². The van der Waals surface area contributed by atoms with E-state index in [1.165, 1.54) is 24.3 Å². The van der Waals surface area contributed by atoms with Gasteiger partial charge >= 0.3 is 23.6 Å². The maximum Gasteiger partial charge on any atom is 0.347 e. The number of thioether (sulfide) groups is 1. The summed E-state index contributed by atoms with van der Waals surface area (Å²) in [6.07, 6.45) is -5.62. The summed E-state index contributed by atoms with van der Waals surface area (Å²) in [6, 6.07) is 33.7. The number of hydrogen-bond donors (Lipinski definition) is 1. The van der Waals surface area contributed by atoms with E-state index in [-0.39, 0.29) is 21.7 Å². The van der Waals surface area contributed by atoms with Crippen molar-refractivity contribution in [3.8, 4) is 0 Å². The van der Waals surface area contributed by atoms with Crippen molar-refractivity contribution in [2.45, 2.75) is 35.3 Å². The van der Waals surface area contributed by atoms with Crippen LogP contribution in [0.5, 0.6) is 0 Å². The van der Waals surface area contributed by atoms with Crippen LogP contribution in [0.2, 0.25) is 0 Å². The van der Waals surface area contributed by atoms with Crippen molar-refractivity contribution in [1.29, 1.82) is 0 Å². The van der Waals surface area contributed by atoms with Gasteiger partial charge in [-0.3, -0.25) is 9.78 Å². The lowest BCUT2D eigenvalue weighted by Gasteiger charge is -2.24. The Morgan fingerprint density at radius 3 is 1.73 bits per heavy atom. The van der Waals surface area contributed by atoms with Gasteiger partial charge in [0.05, 0.1) is 16.7 Å². The Balaban J connectivity index is 1.37. The van der Waals surface area contributed by atoms with E-state index in [1.54, 1.807) is 66.7 Å². The Kier molecular flexibility index (Phi) is 10.4. The monoisotopic (exact) mass is 679 g/mol. The molecule has 5 aromatic rings. The Labute approximate surface area is 283 Å². The molecule has 1 aromatic heterocycles. The lowest BCUT2D eigenvalue weighted by molar-refractivity contribution is -0.0707. The maximum atomic E-state index is 13.4. The van der Waals surface area contributed by atoms with Crippen LogP contribution in [-0.2, 0) is 24.7 Å². The van der Waals surface area contributed by atoms with Crippen molar-refractivity contribution in [2.75, 3.05) is 6.61 Å². The number of aromatic amines is 1. The zero-order chi connectivity index (χ0) is 34.2. The molecule has 1 fully saturated rings. The summed E-state index contributed by atoms with van der Waals surface area (Å²) in [5, 5.41) is 4.25. The van der Waals surface area contributed by atoms with Gasteiger partial charge in [-0.1, -0.05) is 96.7 Å². The SMILES string of the molecule is O=C(OCC1OC(n2nc(SCc3ccccc3)c(=O)[nH]c2=O)C(OC(=O)c2ccccc2)C1OC(=O)c1ccccc1)c1ccccc1. The van der Waals surface area contributed by atoms with E-state index in [1.807, 2.05) is 30.3 Å². The van der Waals surface area contributed by atoms with Gasteiger partial charge in [0.25, 0.3) is 5.56 Å². The Morgan fingerprint density at radius 2 is 1.18 bits per heavy atom. The first-order valence-electron chi connectivity index (χ1n) is 15.2. The number of ether oxygens (including phenoxy) is 4. The number of rotatable bonds is 11. The molecule has 1 N–H and O–H groups in total. The van der Waals surface area contributed by atoms with Crippen LogP contribution in [0.15, 0.2) is 136 Å². The molecule has 0 saturated carbocycles. The zero-order valence-electron chi connectivity index (χ0n) is 25.7. The summed E-state index contributed by atoms with van der Waals surface area (Å²) < 4.78 is 24.4. The fourth-order valence-electron chi connectivity index (χ4n) is 5.04. The van der Waals surface area contributed by atoms with E-state index in [0.29, 0.717) is 5.75 Å². The van der Waals surface area contributed by atoms with Crippen LogP contribution in [0.3, 0.4) is 0 Å². The molecular formula is C36H29N3O9S. The average molecular weight is 680 g/mol. The van der Waals surface area contributed by atoms with Crippen LogP contribution in [-0.4, -0.2) is 57.6 Å². The molecule has 6 rings (SSSR count). The van der Waals surface area contributed by atoms with E-state index < -0.39 is 60.3 Å². The molecule has 0 aliphatic carbocycles. The van der Waals surface area contributed by atoms with E-state index >= 15 is 0 Å². The minimum absolute atomic E-state index is 0.0584. The molecule has 12 nitrogen and oxygen atoms in total. The third-order valence-corrected chi connectivity index (χ3v) is 8.48. The summed E-state index contributed by atoms with van der Waals surface area (Å²) in [4.78, 5) is 68.0. The molecule has 4 atom stereocenters. The quantitative estimate of drug-likeness (QED) is 0.120. The van der Waals surface area contributed by atoms with Gasteiger partial charge in [-0.15, -0.1) is 0 Å². The molecule has 1 aliphatic heterocycles. The molecule has 0 bridgehead atoms. The third kappa shape index (κ3) is 8.03. The fourth-order valence-corrected chi connectivity index (χ4v) is 5.87. The van der Waals surface area contributed by atoms with Crippen LogP contribution in [0, 0.1) is 0 Å². The number of benzene rings is 4. The normalized spacial score (nSPS) is 18.4. The third-order valence-electron chi connectivity index (χ3n) is 7.46. The van der Waals surface area contributed by atoms with Crippen LogP contribution < -0.4 is 11.2 Å². The first-order valence-corrected chi connectivity index (χ1v) is 16.2. The summed E-state index contributed by atoms with van der Waals surface area (Å²) in [6.45, 7) is -0.454. The van der Waals surface area contributed by atoms with Gasteiger partial charge in [-0.2, -0.15) is 9.78 Å².